The Kier molecular flexibility index (Phi) is 5.75. The first-order chi connectivity index (χ1) is 13.3. The minimum atomic E-state index is -4.47. The van der Waals surface area contributed by atoms with Crippen molar-refractivity contribution in [2.24, 2.45) is 0 Å². The zero-order chi connectivity index (χ0) is 20.1. The highest BCUT2D eigenvalue weighted by atomic mass is 32.1. The molecule has 0 atom stereocenters. The van der Waals surface area contributed by atoms with E-state index in [4.69, 9.17) is 4.74 Å². The van der Waals surface area contributed by atoms with Crippen molar-refractivity contribution in [3.05, 3.63) is 93.7 Å². The van der Waals surface area contributed by atoms with E-state index < -0.39 is 17.7 Å². The van der Waals surface area contributed by atoms with E-state index >= 15 is 0 Å². The first-order valence-corrected chi connectivity index (χ1v) is 8.96. The van der Waals surface area contributed by atoms with E-state index in [1.165, 1.54) is 41.7 Å². The predicted molar refractivity (Wildman–Crippen MR) is 101 cm³/mol. The van der Waals surface area contributed by atoms with Crippen LogP contribution in [0.15, 0.2) is 72.1 Å². The summed E-state index contributed by atoms with van der Waals surface area (Å²) in [5.74, 6) is -0.803. The van der Waals surface area contributed by atoms with Gasteiger partial charge in [0.1, 0.15) is 5.75 Å². The molecule has 3 nitrogen and oxygen atoms in total. The molecule has 0 radical (unpaired) electrons. The maximum absolute atomic E-state index is 12.6. The number of benzene rings is 2. The minimum Gasteiger partial charge on any atom is -0.423 e. The standard InChI is InChI=1S/C21H13F3O3S/c22-21(23,24)16-7-3-15(4-8-16)20(26)27-17-9-5-14(6-10-17)19(25)12-11-18-2-1-13-28-18/h1-13H/b12-11-. The Morgan fingerprint density at radius 2 is 1.54 bits per heavy atom. The van der Waals surface area contributed by atoms with Crippen LogP contribution >= 0.6 is 11.3 Å². The van der Waals surface area contributed by atoms with Gasteiger partial charge in [0.25, 0.3) is 0 Å². The highest BCUT2D eigenvalue weighted by Crippen LogP contribution is 2.29. The number of carbonyl (C=O) groups excluding carboxylic acids is 2. The van der Waals surface area contributed by atoms with Crippen LogP contribution in [0.1, 0.15) is 31.2 Å². The molecular formula is C21H13F3O3S. The van der Waals surface area contributed by atoms with Crippen molar-refractivity contribution >= 4 is 29.2 Å². The molecule has 0 N–H and O–H groups in total. The van der Waals surface area contributed by atoms with Gasteiger partial charge in [0.15, 0.2) is 5.78 Å². The van der Waals surface area contributed by atoms with E-state index in [-0.39, 0.29) is 17.1 Å². The molecule has 0 saturated carbocycles. The topological polar surface area (TPSA) is 43.4 Å². The lowest BCUT2D eigenvalue weighted by molar-refractivity contribution is -0.137. The van der Waals surface area contributed by atoms with E-state index in [2.05, 4.69) is 0 Å². The summed E-state index contributed by atoms with van der Waals surface area (Å²) >= 11 is 1.51. The van der Waals surface area contributed by atoms with Gasteiger partial charge >= 0.3 is 12.1 Å². The molecule has 0 unspecified atom stereocenters. The average Bonchev–Trinajstić information content (AvgIpc) is 3.20. The number of carbonyl (C=O) groups is 2. The SMILES string of the molecule is O=C(/C=C\c1cccs1)c1ccc(OC(=O)c2ccc(C(F)(F)F)cc2)cc1. The second kappa shape index (κ2) is 8.22. The number of hydrogen-bond donors (Lipinski definition) is 0. The van der Waals surface area contributed by atoms with Crippen molar-refractivity contribution in [3.8, 4) is 5.75 Å². The number of ketones is 1. The average molecular weight is 402 g/mol. The Bertz CT molecular complexity index is 987. The normalized spacial score (nSPS) is 11.5. The fourth-order valence-corrected chi connectivity index (χ4v) is 2.91. The van der Waals surface area contributed by atoms with Gasteiger partial charge in [-0.15, -0.1) is 11.3 Å². The number of ether oxygens (including phenoxy) is 1. The van der Waals surface area contributed by atoms with Crippen molar-refractivity contribution in [2.75, 3.05) is 0 Å². The van der Waals surface area contributed by atoms with Gasteiger partial charge < -0.3 is 4.74 Å². The van der Waals surface area contributed by atoms with Gasteiger partial charge in [-0.1, -0.05) is 6.07 Å². The summed E-state index contributed by atoms with van der Waals surface area (Å²) in [5, 5.41) is 1.91. The van der Waals surface area contributed by atoms with Gasteiger partial charge in [-0.05, 0) is 72.1 Å². The van der Waals surface area contributed by atoms with E-state index in [1.807, 2.05) is 17.5 Å². The third-order valence-corrected chi connectivity index (χ3v) is 4.58. The van der Waals surface area contributed by atoms with Crippen LogP contribution in [0.5, 0.6) is 5.75 Å². The van der Waals surface area contributed by atoms with Gasteiger partial charge in [0, 0.05) is 10.4 Å². The second-order valence-corrected chi connectivity index (χ2v) is 6.68. The number of thiophene rings is 1. The smallest absolute Gasteiger partial charge is 0.416 e. The van der Waals surface area contributed by atoms with E-state index in [9.17, 15) is 22.8 Å². The van der Waals surface area contributed by atoms with Crippen LogP contribution in [0.25, 0.3) is 6.08 Å². The Labute approximate surface area is 162 Å². The molecule has 142 valence electrons. The molecule has 0 saturated heterocycles. The van der Waals surface area contributed by atoms with Crippen LogP contribution in [0.3, 0.4) is 0 Å². The number of alkyl halides is 3. The number of allylic oxidation sites excluding steroid dienone is 1. The molecule has 0 amide bonds. The molecule has 1 heterocycles. The molecule has 0 aliphatic rings. The Balaban J connectivity index is 1.63. The van der Waals surface area contributed by atoms with Crippen LogP contribution in [0.4, 0.5) is 13.2 Å². The summed E-state index contributed by atoms with van der Waals surface area (Å²) in [6, 6.07) is 13.4. The van der Waals surface area contributed by atoms with Gasteiger partial charge in [0.05, 0.1) is 11.1 Å². The Morgan fingerprint density at radius 1 is 0.893 bits per heavy atom. The van der Waals surface area contributed by atoms with Crippen molar-refractivity contribution in [2.45, 2.75) is 6.18 Å². The van der Waals surface area contributed by atoms with E-state index in [0.717, 1.165) is 29.1 Å². The van der Waals surface area contributed by atoms with Crippen molar-refractivity contribution in [1.29, 1.82) is 0 Å². The quantitative estimate of drug-likeness (QED) is 0.232. The maximum atomic E-state index is 12.6. The molecular weight excluding hydrogens is 389 g/mol. The number of halogens is 3. The monoisotopic (exact) mass is 402 g/mol. The molecule has 3 aromatic rings. The molecule has 0 fully saturated rings. The highest BCUT2D eigenvalue weighted by Gasteiger charge is 2.30. The number of esters is 1. The molecule has 0 aliphatic heterocycles. The zero-order valence-electron chi connectivity index (χ0n) is 14.3. The number of rotatable bonds is 5. The van der Waals surface area contributed by atoms with Gasteiger partial charge in [0.2, 0.25) is 0 Å². The zero-order valence-corrected chi connectivity index (χ0v) is 15.1. The molecule has 0 spiro atoms. The molecule has 7 heteroatoms. The lowest BCUT2D eigenvalue weighted by atomic mass is 10.1. The molecule has 0 aliphatic carbocycles. The van der Waals surface area contributed by atoms with E-state index in [1.54, 1.807) is 6.08 Å². The predicted octanol–water partition coefficient (Wildman–Crippen LogP) is 5.88. The largest absolute Gasteiger partial charge is 0.423 e. The van der Waals surface area contributed by atoms with Gasteiger partial charge in [-0.3, -0.25) is 4.79 Å². The van der Waals surface area contributed by atoms with Crippen molar-refractivity contribution in [1.82, 2.24) is 0 Å². The Hall–Kier alpha value is -3.19. The van der Waals surface area contributed by atoms with Crippen molar-refractivity contribution in [3.63, 3.8) is 0 Å². The van der Waals surface area contributed by atoms with Crippen LogP contribution < -0.4 is 4.74 Å². The Morgan fingerprint density at radius 3 is 2.11 bits per heavy atom. The van der Waals surface area contributed by atoms with Crippen LogP contribution in [0, 0.1) is 0 Å². The highest BCUT2D eigenvalue weighted by molar-refractivity contribution is 7.10. The van der Waals surface area contributed by atoms with Gasteiger partial charge in [-0.25, -0.2) is 4.79 Å². The van der Waals surface area contributed by atoms with Crippen molar-refractivity contribution < 1.29 is 27.5 Å². The first kappa shape index (κ1) is 19.6. The summed E-state index contributed by atoms with van der Waals surface area (Å²) in [4.78, 5) is 25.1. The maximum Gasteiger partial charge on any atom is 0.416 e. The summed E-state index contributed by atoms with van der Waals surface area (Å²) in [6.07, 6.45) is -1.30. The lowest BCUT2D eigenvalue weighted by Gasteiger charge is -2.08. The molecule has 1 aromatic heterocycles. The van der Waals surface area contributed by atoms with Crippen LogP contribution in [0.2, 0.25) is 0 Å². The molecule has 3 rings (SSSR count). The van der Waals surface area contributed by atoms with Gasteiger partial charge in [-0.2, -0.15) is 13.2 Å². The fraction of sp³-hybridized carbons (Fsp3) is 0.0476. The lowest BCUT2D eigenvalue weighted by Crippen LogP contribution is -2.10. The fourth-order valence-electron chi connectivity index (χ4n) is 2.29. The minimum absolute atomic E-state index is 0.00738. The molecule has 0 bridgehead atoms. The second-order valence-electron chi connectivity index (χ2n) is 5.70. The third kappa shape index (κ3) is 4.95. The van der Waals surface area contributed by atoms with Crippen LogP contribution in [-0.4, -0.2) is 11.8 Å². The third-order valence-electron chi connectivity index (χ3n) is 3.74. The number of hydrogen-bond acceptors (Lipinski definition) is 4. The molecule has 2 aromatic carbocycles. The van der Waals surface area contributed by atoms with Crippen LogP contribution in [-0.2, 0) is 6.18 Å². The molecule has 28 heavy (non-hydrogen) atoms. The summed E-state index contributed by atoms with van der Waals surface area (Å²) in [5.41, 5.74) is -0.434. The summed E-state index contributed by atoms with van der Waals surface area (Å²) in [6.45, 7) is 0. The summed E-state index contributed by atoms with van der Waals surface area (Å²) in [7, 11) is 0. The summed E-state index contributed by atoms with van der Waals surface area (Å²) < 4.78 is 42.8. The van der Waals surface area contributed by atoms with E-state index in [0.29, 0.717) is 5.56 Å². The first-order valence-electron chi connectivity index (χ1n) is 8.08.